The maximum absolute atomic E-state index is 11.9. The van der Waals surface area contributed by atoms with Crippen molar-refractivity contribution in [3.63, 3.8) is 0 Å². The molecule has 0 aromatic carbocycles. The summed E-state index contributed by atoms with van der Waals surface area (Å²) < 4.78 is 11.9. The fourth-order valence-corrected chi connectivity index (χ4v) is 2.99. The minimum atomic E-state index is -0.853. The molecule has 0 aliphatic carbocycles. The summed E-state index contributed by atoms with van der Waals surface area (Å²) in [7, 11) is -0.853. The highest BCUT2D eigenvalue weighted by Crippen LogP contribution is 2.13. The van der Waals surface area contributed by atoms with Crippen LogP contribution >= 0.6 is 12.4 Å². The highest BCUT2D eigenvalue weighted by Gasteiger charge is 2.17. The van der Waals surface area contributed by atoms with Gasteiger partial charge in [0.1, 0.15) is 0 Å². The van der Waals surface area contributed by atoms with Crippen LogP contribution in [0.15, 0.2) is 29.4 Å². The number of nitrogens with one attached hydrogen (secondary N) is 1. The van der Waals surface area contributed by atoms with Gasteiger partial charge in [-0.2, -0.15) is 0 Å². The number of rotatable bonds is 3. The Kier molecular flexibility index (Phi) is 5.22. The van der Waals surface area contributed by atoms with Gasteiger partial charge in [0.05, 0.1) is 10.8 Å². The van der Waals surface area contributed by atoms with Gasteiger partial charge < -0.3 is 5.32 Å². The second-order valence-corrected chi connectivity index (χ2v) is 5.05. The second kappa shape index (κ2) is 6.20. The maximum Gasteiger partial charge on any atom is 0.0533 e. The predicted molar refractivity (Wildman–Crippen MR) is 63.7 cm³/mol. The Morgan fingerprint density at radius 3 is 2.80 bits per heavy atom. The zero-order valence-corrected chi connectivity index (χ0v) is 10.0. The van der Waals surface area contributed by atoms with Crippen LogP contribution < -0.4 is 5.32 Å². The van der Waals surface area contributed by atoms with Crippen molar-refractivity contribution in [2.24, 2.45) is 5.92 Å². The molecule has 3 nitrogen and oxygen atoms in total. The molecule has 15 heavy (non-hydrogen) atoms. The van der Waals surface area contributed by atoms with Crippen molar-refractivity contribution in [1.82, 2.24) is 10.3 Å². The molecule has 1 aromatic rings. The molecule has 0 radical (unpaired) electrons. The molecule has 0 spiro atoms. The van der Waals surface area contributed by atoms with E-state index >= 15 is 0 Å². The van der Waals surface area contributed by atoms with Crippen LogP contribution in [0.1, 0.15) is 6.42 Å². The molecule has 1 aliphatic heterocycles. The molecule has 0 amide bonds. The van der Waals surface area contributed by atoms with E-state index in [4.69, 9.17) is 0 Å². The molecule has 0 saturated carbocycles. The zero-order chi connectivity index (χ0) is 9.80. The Hall–Kier alpha value is -0.450. The van der Waals surface area contributed by atoms with Crippen LogP contribution in [-0.2, 0) is 10.8 Å². The van der Waals surface area contributed by atoms with E-state index in [0.717, 1.165) is 30.2 Å². The van der Waals surface area contributed by atoms with E-state index in [2.05, 4.69) is 10.3 Å². The highest BCUT2D eigenvalue weighted by atomic mass is 35.5. The lowest BCUT2D eigenvalue weighted by molar-refractivity contribution is 0.633. The molecule has 1 aliphatic rings. The summed E-state index contributed by atoms with van der Waals surface area (Å²) in [6, 6.07) is 3.66. The fraction of sp³-hybridized carbons (Fsp3) is 0.500. The Morgan fingerprint density at radius 1 is 1.47 bits per heavy atom. The van der Waals surface area contributed by atoms with E-state index in [1.165, 1.54) is 0 Å². The van der Waals surface area contributed by atoms with Crippen molar-refractivity contribution in [3.8, 4) is 0 Å². The van der Waals surface area contributed by atoms with Crippen molar-refractivity contribution in [3.05, 3.63) is 24.5 Å². The summed E-state index contributed by atoms with van der Waals surface area (Å²) in [6.45, 7) is 2.08. The number of hydrogen-bond donors (Lipinski definition) is 1. The topological polar surface area (TPSA) is 42.0 Å². The molecule has 2 heterocycles. The maximum atomic E-state index is 11.9. The molecular formula is C10H15ClN2OS. The quantitative estimate of drug-likeness (QED) is 0.872. The average molecular weight is 247 g/mol. The molecular weight excluding hydrogens is 232 g/mol. The van der Waals surface area contributed by atoms with E-state index < -0.39 is 10.8 Å². The van der Waals surface area contributed by atoms with E-state index in [1.807, 2.05) is 12.1 Å². The molecule has 84 valence electrons. The highest BCUT2D eigenvalue weighted by molar-refractivity contribution is 7.85. The summed E-state index contributed by atoms with van der Waals surface area (Å²) in [5.74, 6) is 1.35. The van der Waals surface area contributed by atoms with Gasteiger partial charge in [-0.05, 0) is 37.6 Å². The van der Waals surface area contributed by atoms with Gasteiger partial charge in [0.2, 0.25) is 0 Å². The van der Waals surface area contributed by atoms with Crippen molar-refractivity contribution in [2.75, 3.05) is 18.8 Å². The average Bonchev–Trinajstić information content (AvgIpc) is 2.72. The van der Waals surface area contributed by atoms with Crippen LogP contribution in [0.5, 0.6) is 0 Å². The van der Waals surface area contributed by atoms with Gasteiger partial charge in [-0.3, -0.25) is 9.19 Å². The summed E-state index contributed by atoms with van der Waals surface area (Å²) >= 11 is 0. The number of pyridine rings is 1. The van der Waals surface area contributed by atoms with Gasteiger partial charge >= 0.3 is 0 Å². The smallest absolute Gasteiger partial charge is 0.0533 e. The van der Waals surface area contributed by atoms with Crippen LogP contribution in [0, 0.1) is 5.92 Å². The van der Waals surface area contributed by atoms with Gasteiger partial charge in [-0.1, -0.05) is 0 Å². The molecule has 2 rings (SSSR count). The lowest BCUT2D eigenvalue weighted by atomic mass is 10.2. The molecule has 1 saturated heterocycles. The van der Waals surface area contributed by atoms with Crippen LogP contribution in [0.4, 0.5) is 0 Å². The summed E-state index contributed by atoms with van der Waals surface area (Å²) in [6.07, 6.45) is 4.54. The summed E-state index contributed by atoms with van der Waals surface area (Å²) in [5, 5.41) is 3.28. The van der Waals surface area contributed by atoms with E-state index in [1.54, 1.807) is 12.4 Å². The SMILES string of the molecule is Cl.O=S(CC1CCNC1)c1ccncc1. The third-order valence-corrected chi connectivity index (χ3v) is 4.03. The third-order valence-electron chi connectivity index (χ3n) is 2.46. The summed E-state index contributed by atoms with van der Waals surface area (Å²) in [4.78, 5) is 4.81. The lowest BCUT2D eigenvalue weighted by Crippen LogP contribution is -2.15. The van der Waals surface area contributed by atoms with E-state index in [0.29, 0.717) is 5.92 Å². The largest absolute Gasteiger partial charge is 0.316 e. The Morgan fingerprint density at radius 2 is 2.20 bits per heavy atom. The Bertz CT molecular complexity index is 314. The van der Waals surface area contributed by atoms with Gasteiger partial charge in [-0.15, -0.1) is 12.4 Å². The fourth-order valence-electron chi connectivity index (χ4n) is 1.66. The molecule has 1 aromatic heterocycles. The first-order valence-corrected chi connectivity index (χ1v) is 6.17. The van der Waals surface area contributed by atoms with Gasteiger partial charge in [-0.25, -0.2) is 0 Å². The van der Waals surface area contributed by atoms with Gasteiger partial charge in [0.25, 0.3) is 0 Å². The minimum absolute atomic E-state index is 0. The number of hydrogen-bond acceptors (Lipinski definition) is 3. The molecule has 0 bridgehead atoms. The van der Waals surface area contributed by atoms with Crippen molar-refractivity contribution < 1.29 is 4.21 Å². The number of halogens is 1. The van der Waals surface area contributed by atoms with E-state index in [-0.39, 0.29) is 12.4 Å². The molecule has 1 N–H and O–H groups in total. The number of aromatic nitrogens is 1. The molecule has 2 unspecified atom stereocenters. The standard InChI is InChI=1S/C10H14N2OS.ClH/c13-14(8-9-1-4-12-7-9)10-2-5-11-6-3-10;/h2-3,5-6,9,12H,1,4,7-8H2;1H. The minimum Gasteiger partial charge on any atom is -0.316 e. The first kappa shape index (κ1) is 12.6. The predicted octanol–water partition coefficient (Wildman–Crippen LogP) is 1.22. The molecule has 2 atom stereocenters. The normalized spacial score (nSPS) is 22.0. The van der Waals surface area contributed by atoms with Crippen molar-refractivity contribution in [2.45, 2.75) is 11.3 Å². The molecule has 5 heteroatoms. The van der Waals surface area contributed by atoms with Crippen LogP contribution in [0.25, 0.3) is 0 Å². The zero-order valence-electron chi connectivity index (χ0n) is 8.39. The first-order valence-electron chi connectivity index (χ1n) is 4.85. The van der Waals surface area contributed by atoms with Gasteiger partial charge in [0.15, 0.2) is 0 Å². The van der Waals surface area contributed by atoms with Crippen LogP contribution in [-0.4, -0.2) is 28.0 Å². The monoisotopic (exact) mass is 246 g/mol. The summed E-state index contributed by atoms with van der Waals surface area (Å²) in [5.41, 5.74) is 0. The van der Waals surface area contributed by atoms with Crippen LogP contribution in [0.2, 0.25) is 0 Å². The Balaban J connectivity index is 0.00000112. The van der Waals surface area contributed by atoms with Crippen molar-refractivity contribution in [1.29, 1.82) is 0 Å². The van der Waals surface area contributed by atoms with Crippen LogP contribution in [0.3, 0.4) is 0 Å². The first-order chi connectivity index (χ1) is 6.86. The lowest BCUT2D eigenvalue weighted by Gasteiger charge is -2.07. The van der Waals surface area contributed by atoms with Crippen molar-refractivity contribution >= 4 is 23.2 Å². The van der Waals surface area contributed by atoms with E-state index in [9.17, 15) is 4.21 Å². The van der Waals surface area contributed by atoms with Gasteiger partial charge in [0, 0.05) is 23.0 Å². The Labute approximate surface area is 98.5 Å². The second-order valence-electron chi connectivity index (χ2n) is 3.55. The number of nitrogens with zero attached hydrogens (tertiary/aromatic N) is 1. The third kappa shape index (κ3) is 3.55. The molecule has 1 fully saturated rings.